The van der Waals surface area contributed by atoms with Crippen LogP contribution in [0, 0.1) is 5.92 Å². The first kappa shape index (κ1) is 78.5. The molecule has 0 aromatic carbocycles. The molecule has 0 radical (unpaired) electrons. The number of nitrogens with two attached hydrogens (primary N) is 4. The fourth-order valence-electron chi connectivity index (χ4n) is 9.97. The summed E-state index contributed by atoms with van der Waals surface area (Å²) in [6.07, 6.45) is 1.66. The largest absolute Gasteiger partial charge is 0.481 e. The Hall–Kier alpha value is -8.71. The lowest BCUT2D eigenvalue weighted by molar-refractivity contribution is -0.149. The van der Waals surface area contributed by atoms with Crippen molar-refractivity contribution in [2.45, 2.75) is 197 Å². The van der Waals surface area contributed by atoms with Crippen molar-refractivity contribution in [2.24, 2.45) is 33.8 Å². The summed E-state index contributed by atoms with van der Waals surface area (Å²) in [7, 11) is 0. The molecule has 14 atom stereocenters. The van der Waals surface area contributed by atoms with Gasteiger partial charge in [-0.05, 0) is 96.5 Å². The Bertz CT molecular complexity index is 2810. The van der Waals surface area contributed by atoms with Crippen LogP contribution in [0.5, 0.6) is 0 Å². The van der Waals surface area contributed by atoms with Gasteiger partial charge in [0.2, 0.25) is 70.9 Å². The summed E-state index contributed by atoms with van der Waals surface area (Å²) in [5.41, 5.74) is 22.7. The highest BCUT2D eigenvalue weighted by molar-refractivity contribution is 7.98. The van der Waals surface area contributed by atoms with Crippen molar-refractivity contribution < 1.29 is 87.5 Å². The summed E-state index contributed by atoms with van der Waals surface area (Å²) in [6.45, 7) is 6.13. The minimum absolute atomic E-state index is 0.0153. The molecule has 93 heavy (non-hydrogen) atoms. The summed E-state index contributed by atoms with van der Waals surface area (Å²) in [5, 5.41) is 61.9. The van der Waals surface area contributed by atoms with Crippen molar-refractivity contribution in [2.75, 3.05) is 38.2 Å². The molecule has 520 valence electrons. The Labute approximate surface area is 540 Å². The van der Waals surface area contributed by atoms with E-state index in [1.54, 1.807) is 13.8 Å². The summed E-state index contributed by atoms with van der Waals surface area (Å²) >= 11 is 1.44. The van der Waals surface area contributed by atoms with Gasteiger partial charge in [-0.1, -0.05) is 20.3 Å². The number of carboxylic acid groups (broad SMARTS) is 2. The number of rotatable bonds is 40. The Morgan fingerprint density at radius 1 is 0.656 bits per heavy atom. The van der Waals surface area contributed by atoms with Gasteiger partial charge in [0.1, 0.15) is 66.5 Å². The summed E-state index contributed by atoms with van der Waals surface area (Å²) in [4.78, 5) is 201. The van der Waals surface area contributed by atoms with Gasteiger partial charge in [-0.25, -0.2) is 9.78 Å². The number of aliphatic imine (C=N–C) groups is 1. The first-order valence-corrected chi connectivity index (χ1v) is 31.9. The highest BCUT2D eigenvalue weighted by Crippen LogP contribution is 2.27. The molecule has 36 nitrogen and oxygen atoms in total. The summed E-state index contributed by atoms with van der Waals surface area (Å²) in [5.74, 6) is -14.2. The number of aliphatic hydroxyl groups is 2. The maximum Gasteiger partial charge on any atom is 0.326 e. The Morgan fingerprint density at radius 3 is 1.72 bits per heavy atom. The van der Waals surface area contributed by atoms with Gasteiger partial charge in [0.15, 0.2) is 5.96 Å². The van der Waals surface area contributed by atoms with Gasteiger partial charge in [0, 0.05) is 50.8 Å². The summed E-state index contributed by atoms with van der Waals surface area (Å²) in [6, 6.07) is -17.2. The SMILES string of the molecule is CC[C@H](C)[C@H](NC(=O)[C@@H]1CCCN1C(=O)[C@@H]1CCCN1C(=O)[C@@H](NC(=O)[C@H](CO)NC(=O)[C@@H](N)CCSC)[C@@H](C)O)C(=O)N[C@@H](CCCN=C(N)N)C(=O)N[C@@H](CCC(=O)O)C(=O)N[C@@H](CCC(N)=O)C(=O)N[C@@H](C)C(=O)N[C@@H](C)C(=O)N[C@@H](Cc1cnc[nH]1)C(=O)O. The molecule has 1 aromatic rings. The number of carbonyl (C=O) groups is 14. The zero-order valence-electron chi connectivity index (χ0n) is 53.0. The number of nitrogens with zero attached hydrogens (tertiary/aromatic N) is 4. The van der Waals surface area contributed by atoms with Crippen LogP contribution in [0.4, 0.5) is 0 Å². The van der Waals surface area contributed by atoms with Gasteiger partial charge in [0.05, 0.1) is 25.1 Å². The molecule has 2 aliphatic heterocycles. The molecule has 3 rings (SSSR count). The van der Waals surface area contributed by atoms with Crippen LogP contribution < -0.4 is 70.8 Å². The van der Waals surface area contributed by atoms with Gasteiger partial charge < -0.3 is 106 Å². The molecule has 3 heterocycles. The number of hydrogen-bond donors (Lipinski definition) is 18. The number of aromatic nitrogens is 2. The lowest BCUT2D eigenvalue weighted by Gasteiger charge is -2.34. The standard InChI is InChI=1S/C56H92N18O18S/c1-7-27(2)42(71-51(87)38-12-9-20-73(38)53(89)39-13-10-21-74(39)54(90)43(30(5)76)72-50(86)37(25-75)70-46(82)32(57)18-22-93-6)52(88)68-33(11-8-19-62-56(59)60)48(84)67-35(15-17-41(78)79)49(85)66-34(14-16-40(58)77)47(83)65-28(3)44(80)64-29(4)45(81)69-36(55(91)92)23-31-24-61-26-63-31/h24,26-30,32-39,42-43,75-76H,7-23,25,57H2,1-6H3,(H2,58,77)(H,61,63)(H,64,80)(H,65,83)(H,66,85)(H,67,84)(H,68,88)(H,69,81)(H,70,82)(H,71,87)(H,72,86)(H,78,79)(H,91,92)(H4,59,60,62)/t27-,28-,29-,30+,32-,33-,34-,35-,36-,37-,38-,39-,42-,43-/m0/s1. The third-order valence-corrected chi connectivity index (χ3v) is 16.2. The third-order valence-electron chi connectivity index (χ3n) is 15.6. The number of thioether (sulfide) groups is 1. The molecule has 2 aliphatic rings. The third kappa shape index (κ3) is 25.4. The van der Waals surface area contributed by atoms with E-state index < -0.39 is 200 Å². The molecule has 1 aromatic heterocycles. The average Bonchev–Trinajstić information content (AvgIpc) is 1.71. The van der Waals surface area contributed by atoms with Gasteiger partial charge in [-0.2, -0.15) is 11.8 Å². The zero-order chi connectivity index (χ0) is 69.8. The molecule has 22 N–H and O–H groups in total. The van der Waals surface area contributed by atoms with E-state index in [0.29, 0.717) is 24.3 Å². The van der Waals surface area contributed by atoms with Crippen LogP contribution in [0.2, 0.25) is 0 Å². The molecule has 0 spiro atoms. The average molecular weight is 1340 g/mol. The second kappa shape index (κ2) is 39.0. The van der Waals surface area contributed by atoms with E-state index in [1.807, 2.05) is 6.26 Å². The number of guanidine groups is 1. The molecule has 0 unspecified atom stereocenters. The molecular formula is C56H92N18O18S. The molecule has 0 saturated carbocycles. The van der Waals surface area contributed by atoms with E-state index >= 15 is 0 Å². The van der Waals surface area contributed by atoms with E-state index in [0.717, 1.165) is 0 Å². The monoisotopic (exact) mass is 1340 g/mol. The fraction of sp³-hybridized carbons (Fsp3) is 0.679. The van der Waals surface area contributed by atoms with Gasteiger partial charge in [-0.3, -0.25) is 67.3 Å². The van der Waals surface area contributed by atoms with Crippen LogP contribution in [-0.4, -0.2) is 246 Å². The Kier molecular flexibility index (Phi) is 32.9. The number of hydrogen-bond acceptors (Lipinski definition) is 20. The molecule has 0 bridgehead atoms. The minimum Gasteiger partial charge on any atom is -0.481 e. The Balaban J connectivity index is 1.83. The van der Waals surface area contributed by atoms with Crippen molar-refractivity contribution in [3.63, 3.8) is 0 Å². The number of amides is 12. The van der Waals surface area contributed by atoms with Crippen LogP contribution in [0.3, 0.4) is 0 Å². The normalized spacial score (nSPS) is 18.3. The number of imidazole rings is 1. The predicted octanol–water partition coefficient (Wildman–Crippen LogP) is -6.89. The molecule has 37 heteroatoms. The highest BCUT2D eigenvalue weighted by Gasteiger charge is 2.46. The van der Waals surface area contributed by atoms with E-state index in [4.69, 9.17) is 22.9 Å². The number of nitrogens with one attached hydrogen (secondary N) is 10. The maximum absolute atomic E-state index is 14.5. The van der Waals surface area contributed by atoms with Crippen molar-refractivity contribution in [1.29, 1.82) is 0 Å². The first-order chi connectivity index (χ1) is 43.8. The van der Waals surface area contributed by atoms with Crippen LogP contribution >= 0.6 is 11.8 Å². The molecule has 2 fully saturated rings. The number of likely N-dealkylation sites (tertiary alicyclic amines) is 2. The molecule has 2 saturated heterocycles. The Morgan fingerprint density at radius 2 is 1.18 bits per heavy atom. The van der Waals surface area contributed by atoms with E-state index in [-0.39, 0.29) is 70.5 Å². The van der Waals surface area contributed by atoms with E-state index in [1.165, 1.54) is 54.9 Å². The van der Waals surface area contributed by atoms with Crippen molar-refractivity contribution in [3.05, 3.63) is 18.2 Å². The predicted molar refractivity (Wildman–Crippen MR) is 333 cm³/mol. The number of aromatic amines is 1. The quantitative estimate of drug-likeness (QED) is 0.0165. The fourth-order valence-corrected chi connectivity index (χ4v) is 10.5. The number of aliphatic carboxylic acids is 2. The number of carboxylic acids is 2. The smallest absolute Gasteiger partial charge is 0.326 e. The number of carbonyl (C=O) groups excluding carboxylic acids is 12. The van der Waals surface area contributed by atoms with Gasteiger partial charge in [0.25, 0.3) is 0 Å². The molecule has 12 amide bonds. The second-order valence-corrected chi connectivity index (χ2v) is 23.8. The molecule has 0 aliphatic carbocycles. The van der Waals surface area contributed by atoms with E-state index in [2.05, 4.69) is 62.8 Å². The van der Waals surface area contributed by atoms with Crippen LogP contribution in [-0.2, 0) is 73.5 Å². The molecular weight excluding hydrogens is 1240 g/mol. The number of aliphatic hydroxyl groups excluding tert-OH is 2. The number of primary amides is 1. The second-order valence-electron chi connectivity index (χ2n) is 22.8. The van der Waals surface area contributed by atoms with Gasteiger partial charge >= 0.3 is 11.9 Å². The van der Waals surface area contributed by atoms with Crippen LogP contribution in [0.25, 0.3) is 0 Å². The maximum atomic E-state index is 14.5. The van der Waals surface area contributed by atoms with Crippen molar-refractivity contribution in [1.82, 2.24) is 67.6 Å². The van der Waals surface area contributed by atoms with Crippen LogP contribution in [0.15, 0.2) is 17.5 Å². The van der Waals surface area contributed by atoms with Gasteiger partial charge in [-0.15, -0.1) is 0 Å². The van der Waals surface area contributed by atoms with Crippen molar-refractivity contribution >= 4 is 101 Å². The number of H-pyrrole nitrogens is 1. The van der Waals surface area contributed by atoms with Crippen LogP contribution in [0.1, 0.15) is 117 Å². The topological polar surface area (TPSA) is 580 Å². The zero-order valence-corrected chi connectivity index (χ0v) is 53.8. The minimum atomic E-state index is -1.77. The first-order valence-electron chi connectivity index (χ1n) is 30.5. The lowest BCUT2D eigenvalue weighted by atomic mass is 9.96. The highest BCUT2D eigenvalue weighted by atomic mass is 32.2. The van der Waals surface area contributed by atoms with E-state index in [9.17, 15) is 87.5 Å². The van der Waals surface area contributed by atoms with Crippen molar-refractivity contribution in [3.8, 4) is 0 Å². The summed E-state index contributed by atoms with van der Waals surface area (Å²) < 4.78 is 0. The lowest BCUT2D eigenvalue weighted by Crippen LogP contribution is -2.62.